The number of carbonyl (C=O) groups is 2. The van der Waals surface area contributed by atoms with E-state index in [2.05, 4.69) is 11.9 Å². The second kappa shape index (κ2) is 8.68. The van der Waals surface area contributed by atoms with Crippen molar-refractivity contribution in [2.24, 2.45) is 5.92 Å². The molecule has 0 saturated carbocycles. The first-order valence-electron chi connectivity index (χ1n) is 10.2. The van der Waals surface area contributed by atoms with Gasteiger partial charge in [-0.3, -0.25) is 4.79 Å². The zero-order valence-electron chi connectivity index (χ0n) is 17.5. The average Bonchev–Trinajstić information content (AvgIpc) is 2.70. The Balaban J connectivity index is 1.55. The lowest BCUT2D eigenvalue weighted by Crippen LogP contribution is -2.42. The molecule has 0 radical (unpaired) electrons. The molecule has 5 nitrogen and oxygen atoms in total. The molecule has 0 spiro atoms. The number of nitrogens with zero attached hydrogens (tertiary/aromatic N) is 1. The first kappa shape index (κ1) is 20.9. The van der Waals surface area contributed by atoms with E-state index in [9.17, 15) is 9.59 Å². The summed E-state index contributed by atoms with van der Waals surface area (Å²) < 4.78 is 5.28. The van der Waals surface area contributed by atoms with Crippen molar-refractivity contribution in [3.8, 4) is 0 Å². The van der Waals surface area contributed by atoms with E-state index in [1.54, 1.807) is 0 Å². The molecule has 0 unspecified atom stereocenters. The summed E-state index contributed by atoms with van der Waals surface area (Å²) in [5, 5.41) is 4.99. The largest absolute Gasteiger partial charge is 0.444 e. The molecule has 0 bridgehead atoms. The van der Waals surface area contributed by atoms with Crippen LogP contribution >= 0.6 is 0 Å². The third-order valence-electron chi connectivity index (χ3n) is 5.22. The fourth-order valence-corrected chi connectivity index (χ4v) is 3.68. The van der Waals surface area contributed by atoms with Gasteiger partial charge in [0.05, 0.1) is 0 Å². The van der Waals surface area contributed by atoms with Crippen LogP contribution in [-0.4, -0.2) is 42.1 Å². The van der Waals surface area contributed by atoms with Gasteiger partial charge in [0, 0.05) is 25.2 Å². The molecule has 2 aromatic rings. The summed E-state index contributed by atoms with van der Waals surface area (Å²) in [6.07, 6.45) is 3.19. The van der Waals surface area contributed by atoms with Gasteiger partial charge in [0.1, 0.15) is 5.60 Å². The maximum absolute atomic E-state index is 12.9. The van der Waals surface area contributed by atoms with Crippen LogP contribution in [0.15, 0.2) is 43.0 Å². The van der Waals surface area contributed by atoms with Gasteiger partial charge in [-0.1, -0.05) is 36.9 Å². The average molecular weight is 395 g/mol. The van der Waals surface area contributed by atoms with Crippen LogP contribution in [-0.2, 0) is 4.74 Å². The lowest BCUT2D eigenvalue weighted by molar-refractivity contribution is 0.0500. The van der Waals surface area contributed by atoms with Crippen molar-refractivity contribution in [2.75, 3.05) is 19.6 Å². The fraction of sp³-hybridized carbons (Fsp3) is 0.417. The van der Waals surface area contributed by atoms with Crippen LogP contribution in [0, 0.1) is 5.92 Å². The summed E-state index contributed by atoms with van der Waals surface area (Å²) in [6, 6.07) is 11.9. The van der Waals surface area contributed by atoms with Gasteiger partial charge < -0.3 is 15.0 Å². The Morgan fingerprint density at radius 3 is 2.59 bits per heavy atom. The molecule has 154 valence electrons. The first-order valence-corrected chi connectivity index (χ1v) is 10.2. The van der Waals surface area contributed by atoms with Crippen molar-refractivity contribution in [3.63, 3.8) is 0 Å². The van der Waals surface area contributed by atoms with Crippen LogP contribution < -0.4 is 5.32 Å². The van der Waals surface area contributed by atoms with Crippen molar-refractivity contribution < 1.29 is 14.3 Å². The number of carbonyl (C=O) groups excluding carboxylic acids is 2. The number of fused-ring (bicyclic) bond motifs is 1. The van der Waals surface area contributed by atoms with Crippen LogP contribution in [0.3, 0.4) is 0 Å². The lowest BCUT2D eigenvalue weighted by atomic mass is 9.96. The Morgan fingerprint density at radius 1 is 1.21 bits per heavy atom. The number of piperidine rings is 1. The predicted molar refractivity (Wildman–Crippen MR) is 117 cm³/mol. The highest BCUT2D eigenvalue weighted by Gasteiger charge is 2.25. The molecule has 1 saturated heterocycles. The van der Waals surface area contributed by atoms with Gasteiger partial charge in [0.15, 0.2) is 0 Å². The Bertz CT molecular complexity index is 906. The van der Waals surface area contributed by atoms with E-state index in [0.29, 0.717) is 31.1 Å². The van der Waals surface area contributed by atoms with Gasteiger partial charge in [0.2, 0.25) is 0 Å². The van der Waals surface area contributed by atoms with Gasteiger partial charge in [-0.25, -0.2) is 4.79 Å². The zero-order valence-corrected chi connectivity index (χ0v) is 17.5. The normalized spacial score (nSPS) is 15.2. The molecule has 1 heterocycles. The molecule has 1 aliphatic heterocycles. The third-order valence-corrected chi connectivity index (χ3v) is 5.22. The number of benzene rings is 2. The summed E-state index contributed by atoms with van der Waals surface area (Å²) in [4.78, 5) is 26.7. The highest BCUT2D eigenvalue weighted by molar-refractivity contribution is 6.00. The van der Waals surface area contributed by atoms with E-state index < -0.39 is 5.60 Å². The SMILES string of the molecule is C=Cc1cccc2cc(C(=O)N3CCC(CNC(=O)OC(C)(C)C)CC3)ccc12. The summed E-state index contributed by atoms with van der Waals surface area (Å²) >= 11 is 0. The molecule has 1 fully saturated rings. The summed E-state index contributed by atoms with van der Waals surface area (Å²) in [7, 11) is 0. The van der Waals surface area contributed by atoms with Gasteiger partial charge >= 0.3 is 6.09 Å². The molecule has 2 amide bonds. The maximum atomic E-state index is 12.9. The molecular weight excluding hydrogens is 364 g/mol. The molecule has 5 heteroatoms. The van der Waals surface area contributed by atoms with Crippen LogP contribution in [0.25, 0.3) is 16.8 Å². The molecule has 2 aromatic carbocycles. The van der Waals surface area contributed by atoms with Crippen LogP contribution in [0.2, 0.25) is 0 Å². The standard InChI is InChI=1S/C24H30N2O3/c1-5-18-7-6-8-19-15-20(9-10-21(18)19)22(27)26-13-11-17(12-14-26)16-25-23(28)29-24(2,3)4/h5-10,15,17H,1,11-14,16H2,2-4H3,(H,25,28). The van der Waals surface area contributed by atoms with Gasteiger partial charge in [0.25, 0.3) is 5.91 Å². The van der Waals surface area contributed by atoms with E-state index >= 15 is 0 Å². The van der Waals surface area contributed by atoms with Gasteiger partial charge in [-0.2, -0.15) is 0 Å². The Labute approximate surface area is 172 Å². The summed E-state index contributed by atoms with van der Waals surface area (Å²) in [5.74, 6) is 0.424. The Kier molecular flexibility index (Phi) is 6.26. The van der Waals surface area contributed by atoms with Crippen LogP contribution in [0.4, 0.5) is 4.79 Å². The lowest BCUT2D eigenvalue weighted by Gasteiger charge is -2.32. The fourth-order valence-electron chi connectivity index (χ4n) is 3.68. The number of amides is 2. The van der Waals surface area contributed by atoms with Crippen molar-refractivity contribution >= 4 is 28.8 Å². The topological polar surface area (TPSA) is 58.6 Å². The molecule has 3 rings (SSSR count). The second-order valence-electron chi connectivity index (χ2n) is 8.61. The highest BCUT2D eigenvalue weighted by atomic mass is 16.6. The number of likely N-dealkylation sites (tertiary alicyclic amines) is 1. The zero-order chi connectivity index (χ0) is 21.0. The molecule has 1 N–H and O–H groups in total. The minimum atomic E-state index is -0.494. The van der Waals surface area contributed by atoms with Crippen molar-refractivity contribution in [2.45, 2.75) is 39.2 Å². The van der Waals surface area contributed by atoms with E-state index in [4.69, 9.17) is 4.74 Å². The quantitative estimate of drug-likeness (QED) is 0.806. The molecular formula is C24H30N2O3. The first-order chi connectivity index (χ1) is 13.8. The highest BCUT2D eigenvalue weighted by Crippen LogP contribution is 2.24. The summed E-state index contributed by atoms with van der Waals surface area (Å²) in [6.45, 7) is 11.4. The van der Waals surface area contributed by atoms with Crippen molar-refractivity contribution in [1.82, 2.24) is 10.2 Å². The molecule has 1 aliphatic rings. The predicted octanol–water partition coefficient (Wildman–Crippen LogP) is 4.86. The number of nitrogens with one attached hydrogen (secondary N) is 1. The summed E-state index contributed by atoms with van der Waals surface area (Å²) in [5.41, 5.74) is 1.29. The van der Waals surface area contributed by atoms with Crippen LogP contribution in [0.5, 0.6) is 0 Å². The second-order valence-corrected chi connectivity index (χ2v) is 8.61. The molecule has 0 atom stereocenters. The van der Waals surface area contributed by atoms with E-state index in [1.165, 1.54) is 0 Å². The monoisotopic (exact) mass is 394 g/mol. The number of rotatable bonds is 4. The Morgan fingerprint density at radius 2 is 1.93 bits per heavy atom. The van der Waals surface area contributed by atoms with E-state index in [1.807, 2.05) is 68.1 Å². The number of alkyl carbamates (subject to hydrolysis) is 1. The molecule has 0 aliphatic carbocycles. The third kappa shape index (κ3) is 5.37. The van der Waals surface area contributed by atoms with E-state index in [0.717, 1.165) is 29.2 Å². The minimum Gasteiger partial charge on any atom is -0.444 e. The minimum absolute atomic E-state index is 0.0643. The smallest absolute Gasteiger partial charge is 0.407 e. The van der Waals surface area contributed by atoms with Crippen molar-refractivity contribution in [3.05, 3.63) is 54.1 Å². The van der Waals surface area contributed by atoms with Crippen LogP contribution in [0.1, 0.15) is 49.5 Å². The molecule has 29 heavy (non-hydrogen) atoms. The van der Waals surface area contributed by atoms with E-state index in [-0.39, 0.29) is 12.0 Å². The molecule has 0 aromatic heterocycles. The number of ether oxygens (including phenoxy) is 1. The number of hydrogen-bond acceptors (Lipinski definition) is 3. The maximum Gasteiger partial charge on any atom is 0.407 e. The van der Waals surface area contributed by atoms with Gasteiger partial charge in [-0.15, -0.1) is 0 Å². The Hall–Kier alpha value is -2.82. The number of hydrogen-bond donors (Lipinski definition) is 1. The van der Waals surface area contributed by atoms with Crippen molar-refractivity contribution in [1.29, 1.82) is 0 Å². The van der Waals surface area contributed by atoms with Gasteiger partial charge in [-0.05, 0) is 68.0 Å².